The Labute approximate surface area is 162 Å². The van der Waals surface area contributed by atoms with Gasteiger partial charge in [-0.1, -0.05) is 5.16 Å². The number of β-lactam (4-membered cyclic amide) rings is 1. The molecule has 2 heterocycles. The van der Waals surface area contributed by atoms with E-state index in [0.717, 1.165) is 11.9 Å². The zero-order valence-electron chi connectivity index (χ0n) is 14.2. The molecule has 1 aliphatic heterocycles. The summed E-state index contributed by atoms with van der Waals surface area (Å²) in [6.07, 6.45) is 0.516. The Hall–Kier alpha value is -2.73. The molecule has 27 heavy (non-hydrogen) atoms. The summed E-state index contributed by atoms with van der Waals surface area (Å²) in [4.78, 5) is 53.8. The van der Waals surface area contributed by atoms with E-state index in [-0.39, 0.29) is 17.5 Å². The first kappa shape index (κ1) is 20.6. The average molecular weight is 418 g/mol. The van der Waals surface area contributed by atoms with Gasteiger partial charge in [-0.15, -0.1) is 11.6 Å². The highest BCUT2D eigenvalue weighted by Gasteiger charge is 2.43. The number of carbonyl (C=O) groups is 4. The third kappa shape index (κ3) is 5.37. The van der Waals surface area contributed by atoms with Crippen molar-refractivity contribution in [3.63, 3.8) is 0 Å². The molecule has 3 amide bonds. The summed E-state index contributed by atoms with van der Waals surface area (Å²) < 4.78 is 7.35. The second kappa shape index (κ2) is 9.28. The maximum absolute atomic E-state index is 12.5. The van der Waals surface area contributed by atoms with Crippen molar-refractivity contribution >= 4 is 53.0 Å². The number of hydrogen-bond donors (Lipinski definition) is 4. The van der Waals surface area contributed by atoms with Crippen LogP contribution in [0.4, 0.5) is 0 Å². The zero-order valence-corrected chi connectivity index (χ0v) is 15.8. The molecule has 0 bridgehead atoms. The lowest BCUT2D eigenvalue weighted by Crippen LogP contribution is -2.70. The molecule has 13 heteroatoms. The first-order valence-corrected chi connectivity index (χ1v) is 8.80. The lowest BCUT2D eigenvalue weighted by atomic mass is 10.1. The van der Waals surface area contributed by atoms with E-state index in [4.69, 9.17) is 16.3 Å². The molecule has 1 fully saturated rings. The Morgan fingerprint density at radius 2 is 2.15 bits per heavy atom. The van der Waals surface area contributed by atoms with Crippen LogP contribution in [0.25, 0.3) is 0 Å². The molecule has 0 aliphatic carbocycles. The number of nitrogens with one attached hydrogen (secondary N) is 4. The van der Waals surface area contributed by atoms with Gasteiger partial charge in [0, 0.05) is 30.6 Å². The van der Waals surface area contributed by atoms with Crippen molar-refractivity contribution in [2.24, 2.45) is 5.16 Å². The number of carbonyl (C=O) groups excluding carboxylic acids is 4. The first-order chi connectivity index (χ1) is 12.8. The van der Waals surface area contributed by atoms with Gasteiger partial charge >= 0.3 is 5.97 Å². The number of rotatable bonds is 8. The molecule has 146 valence electrons. The zero-order chi connectivity index (χ0) is 20.0. The van der Waals surface area contributed by atoms with Crippen LogP contribution in [-0.4, -0.2) is 59.6 Å². The minimum Gasteiger partial charge on any atom is -0.439 e. The van der Waals surface area contributed by atoms with Gasteiger partial charge in [0.25, 0.3) is 11.8 Å². The fraction of sp³-hybridized carbons (Fsp3) is 0.357. The minimum atomic E-state index is -1.04. The Morgan fingerprint density at radius 3 is 2.74 bits per heavy atom. The van der Waals surface area contributed by atoms with Crippen LogP contribution < -0.4 is 15.4 Å². The number of oxime groups is 1. The average Bonchev–Trinajstić information content (AvgIpc) is 3.09. The third-order valence-electron chi connectivity index (χ3n) is 3.17. The number of esters is 1. The van der Waals surface area contributed by atoms with Crippen molar-refractivity contribution in [2.45, 2.75) is 24.2 Å². The summed E-state index contributed by atoms with van der Waals surface area (Å²) in [5, 5.41) is 8.96. The maximum Gasteiger partial charge on any atom is 0.304 e. The Bertz CT molecular complexity index is 782. The van der Waals surface area contributed by atoms with Crippen LogP contribution in [-0.2, 0) is 28.8 Å². The van der Waals surface area contributed by atoms with E-state index in [9.17, 15) is 19.2 Å². The number of H-pyrrole nitrogens is 1. The summed E-state index contributed by atoms with van der Waals surface area (Å²) in [7, 11) is 1.26. The van der Waals surface area contributed by atoms with Gasteiger partial charge in [0.2, 0.25) is 12.1 Å². The van der Waals surface area contributed by atoms with Crippen molar-refractivity contribution in [3.05, 3.63) is 17.8 Å². The summed E-state index contributed by atoms with van der Waals surface area (Å²) in [6, 6.07) is 0.500. The molecule has 1 saturated heterocycles. The highest BCUT2D eigenvalue weighted by molar-refractivity contribution is 7.97. The number of halogens is 1. The van der Waals surface area contributed by atoms with Crippen LogP contribution in [0.2, 0.25) is 0 Å². The number of nitrogens with zero attached hydrogens (tertiary/aromatic N) is 1. The summed E-state index contributed by atoms with van der Waals surface area (Å²) >= 11 is 6.36. The van der Waals surface area contributed by atoms with E-state index in [0.29, 0.717) is 10.6 Å². The van der Waals surface area contributed by atoms with Gasteiger partial charge in [-0.05, 0) is 6.07 Å². The van der Waals surface area contributed by atoms with E-state index >= 15 is 0 Å². The normalized spacial score (nSPS) is 18.8. The topological polar surface area (TPSA) is 151 Å². The van der Waals surface area contributed by atoms with E-state index < -0.39 is 30.1 Å². The number of amides is 3. The summed E-state index contributed by atoms with van der Waals surface area (Å²) in [6.45, 7) is 1.18. The third-order valence-corrected chi connectivity index (χ3v) is 4.20. The molecule has 4 N–H and O–H groups in total. The van der Waals surface area contributed by atoms with Crippen LogP contribution in [0, 0.1) is 0 Å². The number of hydrogen-bond acceptors (Lipinski definition) is 8. The first-order valence-electron chi connectivity index (χ1n) is 7.45. The van der Waals surface area contributed by atoms with Crippen LogP contribution >= 0.6 is 23.5 Å². The summed E-state index contributed by atoms with van der Waals surface area (Å²) in [5.74, 6) is -2.38. The van der Waals surface area contributed by atoms with Crippen LogP contribution in [0.5, 0.6) is 0 Å². The van der Waals surface area contributed by atoms with E-state index in [1.54, 1.807) is 6.07 Å². The lowest BCUT2D eigenvalue weighted by Gasteiger charge is -2.35. The molecule has 2 rings (SSSR count). The van der Waals surface area contributed by atoms with Gasteiger partial charge in [-0.2, -0.15) is 0 Å². The molecule has 1 aliphatic rings. The van der Waals surface area contributed by atoms with Crippen LogP contribution in [0.15, 0.2) is 22.4 Å². The van der Waals surface area contributed by atoms with Crippen molar-refractivity contribution in [3.8, 4) is 0 Å². The molecule has 0 saturated carbocycles. The quantitative estimate of drug-likeness (QED) is 0.108. The van der Waals surface area contributed by atoms with Crippen molar-refractivity contribution in [2.75, 3.05) is 13.0 Å². The molecule has 1 aromatic rings. The van der Waals surface area contributed by atoms with Crippen LogP contribution in [0.1, 0.15) is 12.5 Å². The molecule has 0 radical (unpaired) electrons. The molecule has 0 aromatic carbocycles. The highest BCUT2D eigenvalue weighted by Crippen LogP contribution is 2.16. The SMILES string of the molecule is CON=C(C(=O)N[C@@H]1C(=O)N[C@H]1OC(C)=O)c1c[nH]c(SNC(=O)CCl)c1. The molecule has 11 nitrogen and oxygen atoms in total. The van der Waals surface area contributed by atoms with Gasteiger partial charge in [-0.3, -0.25) is 23.9 Å². The predicted molar refractivity (Wildman–Crippen MR) is 94.7 cm³/mol. The predicted octanol–water partition coefficient (Wildman–Crippen LogP) is -0.769. The molecular weight excluding hydrogens is 402 g/mol. The second-order valence-electron chi connectivity index (χ2n) is 5.13. The molecule has 0 spiro atoms. The largest absolute Gasteiger partial charge is 0.439 e. The molecule has 1 aromatic heterocycles. The van der Waals surface area contributed by atoms with Gasteiger partial charge in [-0.25, -0.2) is 0 Å². The Balaban J connectivity index is 2.06. The monoisotopic (exact) mass is 417 g/mol. The Kier molecular flexibility index (Phi) is 7.07. The molecular formula is C14H16ClN5O6S. The lowest BCUT2D eigenvalue weighted by molar-refractivity contribution is -0.163. The summed E-state index contributed by atoms with van der Waals surface area (Å²) in [5.41, 5.74) is 0.228. The van der Waals surface area contributed by atoms with Crippen molar-refractivity contribution in [1.29, 1.82) is 0 Å². The van der Waals surface area contributed by atoms with Crippen molar-refractivity contribution in [1.82, 2.24) is 20.3 Å². The maximum atomic E-state index is 12.5. The molecule has 2 atom stereocenters. The van der Waals surface area contributed by atoms with E-state index in [1.807, 2.05) is 0 Å². The van der Waals surface area contributed by atoms with E-state index in [1.165, 1.54) is 20.2 Å². The highest BCUT2D eigenvalue weighted by atomic mass is 35.5. The van der Waals surface area contributed by atoms with Gasteiger partial charge < -0.3 is 25.2 Å². The fourth-order valence-corrected chi connectivity index (χ4v) is 2.75. The number of aromatic nitrogens is 1. The van der Waals surface area contributed by atoms with Gasteiger partial charge in [0.05, 0.1) is 5.03 Å². The molecule has 0 unspecified atom stereocenters. The Morgan fingerprint density at radius 1 is 1.41 bits per heavy atom. The number of alkyl halides is 1. The van der Waals surface area contributed by atoms with Gasteiger partial charge in [0.15, 0.2) is 11.8 Å². The fourth-order valence-electron chi connectivity index (χ4n) is 2.01. The van der Waals surface area contributed by atoms with E-state index in [2.05, 4.69) is 30.3 Å². The smallest absolute Gasteiger partial charge is 0.304 e. The minimum absolute atomic E-state index is 0.120. The number of aromatic amines is 1. The van der Waals surface area contributed by atoms with Gasteiger partial charge in [0.1, 0.15) is 13.0 Å². The number of ether oxygens (including phenoxy) is 1. The standard InChI is InChI=1S/C14H16ClN5O6S/c1-6(21)26-14-11(13(24)18-14)17-12(23)10(19-25-2)7-3-9(16-5-7)27-20-8(22)4-15/h3,5,11,14,16H,4H2,1-2H3,(H,17,23)(H,18,24)(H,20,22)/t11-,14+/m1/s1. The van der Waals surface area contributed by atoms with Crippen molar-refractivity contribution < 1.29 is 28.8 Å². The van der Waals surface area contributed by atoms with Crippen LogP contribution in [0.3, 0.4) is 0 Å². The second-order valence-corrected chi connectivity index (χ2v) is 6.24.